The van der Waals surface area contributed by atoms with Crippen LogP contribution in [0.5, 0.6) is 23.0 Å². The van der Waals surface area contributed by atoms with Crippen molar-refractivity contribution >= 4 is 23.5 Å². The van der Waals surface area contributed by atoms with E-state index in [0.717, 1.165) is 55.7 Å². The third-order valence-electron chi connectivity index (χ3n) is 12.4. The molecule has 0 aliphatic carbocycles. The first-order chi connectivity index (χ1) is 35.4. The standard InChI is InChI=1S/C32H37FO4.C18H20ClFO.C14H18O3/c1-8-36-31(34)19-26(21(2)3)23-10-12-24(13-11-23)37-20-22-9-15-29(32(4,5)6)27(17-22)28-18-25(35-7)14-16-30(28)33;1-18(2,3)16-7-5-12(11-19)9-14(16)15-10-13(21-4)6-8-17(15)20;1-4-17-14(16)9-13(10(2)3)11-5-7-12(15)8-6-11/h9-18,26H,2,8,19-20H2,1,3-7H3;5-10H,11H2,1-4H3;5-8,13,15H,2,4,9H2,1,3H3/t26-;;13-/m0.0/s1. The van der Waals surface area contributed by atoms with Crippen LogP contribution in [0.1, 0.15) is 127 Å². The van der Waals surface area contributed by atoms with Gasteiger partial charge in [0.05, 0.1) is 40.3 Å². The number of hydrogen-bond acceptors (Lipinski definition) is 8. The third-order valence-corrected chi connectivity index (χ3v) is 12.7. The van der Waals surface area contributed by atoms with E-state index in [2.05, 4.69) is 54.7 Å². The van der Waals surface area contributed by atoms with Gasteiger partial charge in [0.15, 0.2) is 0 Å². The lowest BCUT2D eigenvalue weighted by Crippen LogP contribution is -2.13. The van der Waals surface area contributed by atoms with Crippen molar-refractivity contribution in [1.29, 1.82) is 0 Å². The Bertz CT molecular complexity index is 2860. The fourth-order valence-corrected chi connectivity index (χ4v) is 8.55. The molecule has 0 aliphatic heterocycles. The molecular formula is C64H75ClF2O8. The van der Waals surface area contributed by atoms with E-state index in [1.807, 2.05) is 74.5 Å². The lowest BCUT2D eigenvalue weighted by Gasteiger charge is -2.24. The topological polar surface area (TPSA) is 101 Å². The maximum atomic E-state index is 14.9. The zero-order chi connectivity index (χ0) is 55.6. The molecule has 6 aromatic carbocycles. The number of halogens is 3. The van der Waals surface area contributed by atoms with Crippen molar-refractivity contribution in [2.45, 2.75) is 117 Å². The Hall–Kier alpha value is -6.91. The quantitative estimate of drug-likeness (QED) is 0.0516. The minimum atomic E-state index is -0.296. The zero-order valence-electron chi connectivity index (χ0n) is 45.8. The molecule has 6 rings (SSSR count). The fraction of sp³-hybridized carbons (Fsp3) is 0.344. The Balaban J connectivity index is 0.000000269. The highest BCUT2D eigenvalue weighted by atomic mass is 35.5. The lowest BCUT2D eigenvalue weighted by molar-refractivity contribution is -0.144. The van der Waals surface area contributed by atoms with Gasteiger partial charge in [-0.15, -0.1) is 11.6 Å². The molecule has 0 heterocycles. The number of ether oxygens (including phenoxy) is 5. The molecule has 0 spiro atoms. The first kappa shape index (κ1) is 60.6. The van der Waals surface area contributed by atoms with Crippen LogP contribution < -0.4 is 14.2 Å². The van der Waals surface area contributed by atoms with Crippen molar-refractivity contribution in [3.8, 4) is 45.3 Å². The van der Waals surface area contributed by atoms with E-state index in [1.54, 1.807) is 76.6 Å². The van der Waals surface area contributed by atoms with Crippen molar-refractivity contribution in [3.05, 3.63) is 191 Å². The Kier molecular flexibility index (Phi) is 22.7. The molecule has 2 atom stereocenters. The molecule has 400 valence electrons. The predicted octanol–water partition coefficient (Wildman–Crippen LogP) is 16.5. The minimum Gasteiger partial charge on any atom is -0.508 e. The van der Waals surface area contributed by atoms with E-state index in [4.69, 9.17) is 35.3 Å². The second-order valence-electron chi connectivity index (χ2n) is 20.4. The Labute approximate surface area is 449 Å². The van der Waals surface area contributed by atoms with E-state index >= 15 is 0 Å². The summed E-state index contributed by atoms with van der Waals surface area (Å²) in [6.45, 7) is 29.1. The van der Waals surface area contributed by atoms with E-state index in [0.29, 0.717) is 54.1 Å². The summed E-state index contributed by atoms with van der Waals surface area (Å²) in [5.74, 6) is 1.38. The van der Waals surface area contributed by atoms with Gasteiger partial charge in [-0.05, 0) is 156 Å². The molecule has 0 saturated heterocycles. The summed E-state index contributed by atoms with van der Waals surface area (Å²) >= 11 is 5.93. The number of rotatable bonds is 18. The normalized spacial score (nSPS) is 11.9. The summed E-state index contributed by atoms with van der Waals surface area (Å²) in [7, 11) is 3.16. The summed E-state index contributed by atoms with van der Waals surface area (Å²) in [6, 6.07) is 36.1. The van der Waals surface area contributed by atoms with Crippen LogP contribution in [-0.2, 0) is 42.4 Å². The highest BCUT2D eigenvalue weighted by molar-refractivity contribution is 6.17. The maximum absolute atomic E-state index is 14.9. The SMILES string of the molecule is C=C(C)[C@H](CC(=O)OCC)c1ccc(O)cc1.C=C(C)[C@H](CC(=O)OCC)c1ccc(OCc2ccc(C(C)(C)C)c(-c3cc(OC)ccc3F)c2)cc1.COc1ccc(F)c(-c2cc(CCl)ccc2C(C)(C)C)c1. The third kappa shape index (κ3) is 17.9. The maximum Gasteiger partial charge on any atom is 0.306 e. The molecule has 6 aromatic rings. The molecule has 75 heavy (non-hydrogen) atoms. The zero-order valence-corrected chi connectivity index (χ0v) is 46.6. The molecule has 0 amide bonds. The van der Waals surface area contributed by atoms with Crippen molar-refractivity contribution < 1.29 is 47.2 Å². The van der Waals surface area contributed by atoms with Crippen molar-refractivity contribution in [1.82, 2.24) is 0 Å². The van der Waals surface area contributed by atoms with Gasteiger partial charge in [0, 0.05) is 28.8 Å². The number of aromatic hydroxyl groups is 1. The summed E-state index contributed by atoms with van der Waals surface area (Å²) in [5, 5.41) is 9.23. The summed E-state index contributed by atoms with van der Waals surface area (Å²) in [5.41, 5.74) is 10.3. The minimum absolute atomic E-state index is 0.0605. The highest BCUT2D eigenvalue weighted by Crippen LogP contribution is 2.39. The number of alkyl halides is 1. The van der Waals surface area contributed by atoms with Crippen LogP contribution in [0.2, 0.25) is 0 Å². The number of esters is 2. The molecule has 0 aromatic heterocycles. The van der Waals surface area contributed by atoms with Crippen molar-refractivity contribution in [2.75, 3.05) is 27.4 Å². The number of carbonyl (C=O) groups is 2. The molecule has 0 unspecified atom stereocenters. The van der Waals surface area contributed by atoms with Crippen molar-refractivity contribution in [2.24, 2.45) is 0 Å². The van der Waals surface area contributed by atoms with Gasteiger partial charge in [-0.3, -0.25) is 9.59 Å². The number of benzene rings is 6. The Morgan fingerprint density at radius 1 is 0.560 bits per heavy atom. The average molecular weight is 1050 g/mol. The van der Waals surface area contributed by atoms with Gasteiger partial charge in [-0.2, -0.15) is 0 Å². The molecule has 8 nitrogen and oxygen atoms in total. The number of phenolic OH excluding ortho intramolecular Hbond substituents is 1. The number of methoxy groups -OCH3 is 2. The fourth-order valence-electron chi connectivity index (χ4n) is 8.38. The van der Waals surface area contributed by atoms with E-state index < -0.39 is 0 Å². The first-order valence-corrected chi connectivity index (χ1v) is 25.6. The average Bonchev–Trinajstić information content (AvgIpc) is 3.37. The van der Waals surface area contributed by atoms with Crippen LogP contribution in [0.15, 0.2) is 146 Å². The van der Waals surface area contributed by atoms with Gasteiger partial charge in [0.1, 0.15) is 41.2 Å². The van der Waals surface area contributed by atoms with Crippen LogP contribution in [0.3, 0.4) is 0 Å². The van der Waals surface area contributed by atoms with Crippen molar-refractivity contribution in [3.63, 3.8) is 0 Å². The second-order valence-corrected chi connectivity index (χ2v) is 20.6. The molecular weight excluding hydrogens is 970 g/mol. The molecule has 0 bridgehead atoms. The summed E-state index contributed by atoms with van der Waals surface area (Å²) in [6.07, 6.45) is 0.543. The van der Waals surface area contributed by atoms with Gasteiger partial charge >= 0.3 is 11.9 Å². The molecule has 0 fully saturated rings. The monoisotopic (exact) mass is 1040 g/mol. The van der Waals surface area contributed by atoms with E-state index in [-0.39, 0.29) is 64.8 Å². The molecule has 1 N–H and O–H groups in total. The van der Waals surface area contributed by atoms with Crippen LogP contribution in [0, 0.1) is 11.6 Å². The van der Waals surface area contributed by atoms with Crippen LogP contribution in [-0.4, -0.2) is 44.5 Å². The van der Waals surface area contributed by atoms with Gasteiger partial charge < -0.3 is 28.8 Å². The largest absolute Gasteiger partial charge is 0.508 e. The van der Waals surface area contributed by atoms with Gasteiger partial charge in [-0.25, -0.2) is 8.78 Å². The summed E-state index contributed by atoms with van der Waals surface area (Å²) in [4.78, 5) is 23.5. The van der Waals surface area contributed by atoms with Gasteiger partial charge in [0.2, 0.25) is 0 Å². The van der Waals surface area contributed by atoms with Crippen LogP contribution >= 0.6 is 11.6 Å². The first-order valence-electron chi connectivity index (χ1n) is 25.1. The molecule has 0 radical (unpaired) electrons. The lowest BCUT2D eigenvalue weighted by atomic mass is 9.81. The summed E-state index contributed by atoms with van der Waals surface area (Å²) < 4.78 is 55.9. The van der Waals surface area contributed by atoms with E-state index in [9.17, 15) is 23.5 Å². The molecule has 0 aliphatic rings. The number of carbonyl (C=O) groups excluding carboxylic acids is 2. The Morgan fingerprint density at radius 2 is 0.947 bits per heavy atom. The van der Waals surface area contributed by atoms with Crippen LogP contribution in [0.4, 0.5) is 8.78 Å². The molecule has 11 heteroatoms. The van der Waals surface area contributed by atoms with E-state index in [1.165, 1.54) is 12.1 Å². The smallest absolute Gasteiger partial charge is 0.306 e. The predicted molar refractivity (Wildman–Crippen MR) is 300 cm³/mol. The van der Waals surface area contributed by atoms with Gasteiger partial charge in [-0.1, -0.05) is 114 Å². The number of allylic oxidation sites excluding steroid dienone is 2. The van der Waals surface area contributed by atoms with Crippen LogP contribution in [0.25, 0.3) is 22.3 Å². The molecule has 0 saturated carbocycles. The Morgan fingerprint density at radius 3 is 1.32 bits per heavy atom. The van der Waals surface area contributed by atoms with Gasteiger partial charge in [0.25, 0.3) is 0 Å². The number of hydrogen-bond donors (Lipinski definition) is 1. The highest BCUT2D eigenvalue weighted by Gasteiger charge is 2.24. The second kappa shape index (κ2) is 28.1. The number of phenols is 1.